The molecular weight excluding hydrogens is 230 g/mol. The zero-order chi connectivity index (χ0) is 13.6. The van der Waals surface area contributed by atoms with Crippen LogP contribution in [-0.2, 0) is 5.41 Å². The molecule has 0 amide bonds. The highest BCUT2D eigenvalue weighted by Gasteiger charge is 2.35. The maximum atomic E-state index is 9.34. The van der Waals surface area contributed by atoms with E-state index in [-0.39, 0.29) is 12.9 Å². The highest BCUT2D eigenvalue weighted by atomic mass is 16.2. The van der Waals surface area contributed by atoms with Gasteiger partial charge in [0, 0.05) is 5.41 Å². The van der Waals surface area contributed by atoms with E-state index in [1.165, 1.54) is 27.7 Å². The van der Waals surface area contributed by atoms with Gasteiger partial charge in [0.15, 0.2) is 7.28 Å². The second-order valence-electron chi connectivity index (χ2n) is 5.90. The summed E-state index contributed by atoms with van der Waals surface area (Å²) in [5, 5.41) is 9.34. The van der Waals surface area contributed by atoms with E-state index < -0.39 is 0 Å². The van der Waals surface area contributed by atoms with Gasteiger partial charge in [0.2, 0.25) is 0 Å². The molecule has 0 unspecified atom stereocenters. The first-order valence-electron chi connectivity index (χ1n) is 6.96. The molecule has 1 aliphatic rings. The summed E-state index contributed by atoms with van der Waals surface area (Å²) in [6.45, 7) is 6.75. The predicted octanol–water partition coefficient (Wildman–Crippen LogP) is 1.07. The first kappa shape index (κ1) is 12.6. The van der Waals surface area contributed by atoms with Crippen molar-refractivity contribution in [1.82, 2.24) is 0 Å². The molecule has 0 saturated carbocycles. The van der Waals surface area contributed by atoms with Gasteiger partial charge in [0.25, 0.3) is 0 Å². The maximum Gasteiger partial charge on any atom is 0.304 e. The zero-order valence-corrected chi connectivity index (χ0v) is 11.8. The Balaban J connectivity index is 2.26. The van der Waals surface area contributed by atoms with Crippen LogP contribution >= 0.6 is 0 Å². The minimum Gasteiger partial charge on any atom is -0.449 e. The van der Waals surface area contributed by atoms with Crippen LogP contribution in [0.25, 0.3) is 11.1 Å². The van der Waals surface area contributed by atoms with Crippen molar-refractivity contribution in [3.8, 4) is 11.1 Å². The lowest BCUT2D eigenvalue weighted by molar-refractivity contribution is 0.615. The van der Waals surface area contributed by atoms with Gasteiger partial charge in [-0.05, 0) is 22.3 Å². The quantitative estimate of drug-likeness (QED) is 0.788. The third-order valence-electron chi connectivity index (χ3n) is 4.40. The molecule has 1 aliphatic carbocycles. The Morgan fingerprint density at radius 1 is 0.895 bits per heavy atom. The van der Waals surface area contributed by atoms with E-state index >= 15 is 0 Å². The van der Waals surface area contributed by atoms with Gasteiger partial charge in [-0.15, -0.1) is 0 Å². The Bertz CT molecular complexity index is 592. The standard InChI is InChI=1S/C16H18B2O/c1-16(2)14-8-10(17-3)4-6-12(14)13-7-5-11(18-19)9-15(13)16/h4-9,17-19H,1-3H3. The van der Waals surface area contributed by atoms with Gasteiger partial charge >= 0.3 is 7.48 Å². The minimum atomic E-state index is 0.0288. The van der Waals surface area contributed by atoms with Gasteiger partial charge in [-0.1, -0.05) is 68.0 Å². The van der Waals surface area contributed by atoms with Crippen LogP contribution in [0.2, 0.25) is 6.82 Å². The van der Waals surface area contributed by atoms with Crippen LogP contribution in [0.3, 0.4) is 0 Å². The largest absolute Gasteiger partial charge is 0.449 e. The fraction of sp³-hybridized carbons (Fsp3) is 0.250. The number of hydrogen-bond donors (Lipinski definition) is 1. The molecule has 0 aliphatic heterocycles. The first-order chi connectivity index (χ1) is 9.07. The van der Waals surface area contributed by atoms with Crippen molar-refractivity contribution in [2.75, 3.05) is 0 Å². The van der Waals surface area contributed by atoms with Crippen molar-refractivity contribution in [1.29, 1.82) is 0 Å². The Kier molecular flexibility index (Phi) is 2.83. The smallest absolute Gasteiger partial charge is 0.304 e. The molecule has 2 aromatic carbocycles. The van der Waals surface area contributed by atoms with E-state index in [1.807, 2.05) is 6.07 Å². The van der Waals surface area contributed by atoms with Crippen molar-refractivity contribution in [2.45, 2.75) is 26.1 Å². The van der Waals surface area contributed by atoms with Gasteiger partial charge in [-0.2, -0.15) is 0 Å². The number of benzene rings is 2. The molecule has 2 aromatic rings. The topological polar surface area (TPSA) is 20.2 Å². The highest BCUT2D eigenvalue weighted by Crippen LogP contribution is 2.47. The number of rotatable bonds is 2. The van der Waals surface area contributed by atoms with Gasteiger partial charge in [-0.25, -0.2) is 0 Å². The summed E-state index contributed by atoms with van der Waals surface area (Å²) in [7, 11) is 1.18. The number of hydrogen-bond acceptors (Lipinski definition) is 1. The van der Waals surface area contributed by atoms with Crippen LogP contribution in [0, 0.1) is 0 Å². The van der Waals surface area contributed by atoms with Gasteiger partial charge in [0.05, 0.1) is 0 Å². The zero-order valence-electron chi connectivity index (χ0n) is 11.8. The lowest BCUT2D eigenvalue weighted by Gasteiger charge is -2.22. The van der Waals surface area contributed by atoms with E-state index in [2.05, 4.69) is 51.0 Å². The molecule has 94 valence electrons. The number of fused-ring (bicyclic) bond motifs is 3. The van der Waals surface area contributed by atoms with Crippen molar-refractivity contribution < 1.29 is 5.02 Å². The second kappa shape index (κ2) is 4.28. The van der Waals surface area contributed by atoms with Crippen molar-refractivity contribution in [3.05, 3.63) is 47.5 Å². The summed E-state index contributed by atoms with van der Waals surface area (Å²) < 4.78 is 0. The first-order valence-corrected chi connectivity index (χ1v) is 6.96. The van der Waals surface area contributed by atoms with Crippen LogP contribution in [0.4, 0.5) is 0 Å². The van der Waals surface area contributed by atoms with E-state index in [4.69, 9.17) is 0 Å². The molecule has 0 heterocycles. The van der Waals surface area contributed by atoms with E-state index in [9.17, 15) is 5.02 Å². The maximum absolute atomic E-state index is 9.34. The molecule has 1 N–H and O–H groups in total. The van der Waals surface area contributed by atoms with Gasteiger partial charge in [-0.3, -0.25) is 0 Å². The SMILES string of the molecule is CBc1ccc2c(c1)C(C)(C)c1cc(BO)ccc1-2. The molecule has 1 nitrogen and oxygen atoms in total. The molecular formula is C16H18B2O. The third-order valence-corrected chi connectivity index (χ3v) is 4.40. The molecule has 3 rings (SSSR count). The summed E-state index contributed by atoms with van der Waals surface area (Å²) in [6.07, 6.45) is 0. The average Bonchev–Trinajstić information content (AvgIpc) is 2.67. The molecule has 19 heavy (non-hydrogen) atoms. The van der Waals surface area contributed by atoms with Gasteiger partial charge in [0.1, 0.15) is 0 Å². The molecule has 0 fully saturated rings. The van der Waals surface area contributed by atoms with Gasteiger partial charge < -0.3 is 5.02 Å². The van der Waals surface area contributed by atoms with E-state index in [0.717, 1.165) is 12.7 Å². The Labute approximate surface area is 116 Å². The minimum absolute atomic E-state index is 0.0288. The summed E-state index contributed by atoms with van der Waals surface area (Å²) in [5.74, 6) is 0. The second-order valence-corrected chi connectivity index (χ2v) is 5.90. The highest BCUT2D eigenvalue weighted by molar-refractivity contribution is 6.52. The van der Waals surface area contributed by atoms with Crippen molar-refractivity contribution in [2.24, 2.45) is 0 Å². The molecule has 0 atom stereocenters. The fourth-order valence-electron chi connectivity index (χ4n) is 3.15. The molecule has 3 heteroatoms. The molecule has 0 saturated heterocycles. The lowest BCUT2D eigenvalue weighted by atomic mass is 9.71. The Morgan fingerprint density at radius 3 is 1.95 bits per heavy atom. The molecule has 0 radical (unpaired) electrons. The molecule has 0 bridgehead atoms. The Morgan fingerprint density at radius 2 is 1.42 bits per heavy atom. The normalized spacial score (nSPS) is 14.7. The monoisotopic (exact) mass is 248 g/mol. The van der Waals surface area contributed by atoms with Crippen LogP contribution in [0.5, 0.6) is 0 Å². The summed E-state index contributed by atoms with van der Waals surface area (Å²) in [5.41, 5.74) is 7.83. The van der Waals surface area contributed by atoms with Crippen LogP contribution in [-0.4, -0.2) is 19.8 Å². The lowest BCUT2D eigenvalue weighted by Crippen LogP contribution is -2.21. The summed E-state index contributed by atoms with van der Waals surface area (Å²) in [4.78, 5) is 0. The van der Waals surface area contributed by atoms with Crippen molar-refractivity contribution in [3.63, 3.8) is 0 Å². The Hall–Kier alpha value is -1.47. The summed E-state index contributed by atoms with van der Waals surface area (Å²) in [6, 6.07) is 13.1. The summed E-state index contributed by atoms with van der Waals surface area (Å²) >= 11 is 0. The van der Waals surface area contributed by atoms with E-state index in [1.54, 1.807) is 0 Å². The molecule has 0 aromatic heterocycles. The molecule has 0 spiro atoms. The average molecular weight is 248 g/mol. The van der Waals surface area contributed by atoms with E-state index in [0.29, 0.717) is 0 Å². The predicted molar refractivity (Wildman–Crippen MR) is 85.7 cm³/mol. The third kappa shape index (κ3) is 1.76. The van der Waals surface area contributed by atoms with Crippen molar-refractivity contribution >= 4 is 25.7 Å². The van der Waals surface area contributed by atoms with Crippen LogP contribution in [0.1, 0.15) is 25.0 Å². The fourth-order valence-corrected chi connectivity index (χ4v) is 3.15. The van der Waals surface area contributed by atoms with Crippen LogP contribution in [0.15, 0.2) is 36.4 Å². The van der Waals surface area contributed by atoms with Crippen LogP contribution < -0.4 is 10.9 Å².